The predicted octanol–water partition coefficient (Wildman–Crippen LogP) is 7.87. The van der Waals surface area contributed by atoms with Crippen molar-refractivity contribution in [2.24, 2.45) is 0 Å². The van der Waals surface area contributed by atoms with E-state index >= 15 is 0 Å². The molecular weight excluding hydrogens is 476 g/mol. The topological polar surface area (TPSA) is 58.2 Å². The molecule has 5 heteroatoms. The molecule has 2 N–H and O–H groups in total. The second-order valence-corrected chi connectivity index (χ2v) is 9.94. The Morgan fingerprint density at radius 1 is 0.649 bits per heavy atom. The number of carbonyl (C=O) groups is 2. The number of hydrogen-bond donors (Lipinski definition) is 2. The van der Waals surface area contributed by atoms with Gasteiger partial charge in [-0.25, -0.2) is 0 Å². The summed E-state index contributed by atoms with van der Waals surface area (Å²) in [5.74, 6) is -0.269. The van der Waals surface area contributed by atoms with Crippen LogP contribution >= 0.6 is 11.8 Å². The molecule has 0 aromatic heterocycles. The van der Waals surface area contributed by atoms with Gasteiger partial charge in [0.05, 0.1) is 0 Å². The smallest absolute Gasteiger partial charge is 0.255 e. The number of carbonyl (C=O) groups excluding carboxylic acids is 2. The zero-order valence-corrected chi connectivity index (χ0v) is 21.2. The first-order valence-corrected chi connectivity index (χ1v) is 12.9. The molecule has 0 aliphatic carbocycles. The Kier molecular flexibility index (Phi) is 7.33. The van der Waals surface area contributed by atoms with Gasteiger partial charge in [-0.3, -0.25) is 9.59 Å². The molecule has 1 unspecified atom stereocenters. The highest BCUT2D eigenvalue weighted by Gasteiger charge is 2.22. The van der Waals surface area contributed by atoms with E-state index in [2.05, 4.69) is 16.7 Å². The maximum absolute atomic E-state index is 13.5. The third-order valence-electron chi connectivity index (χ3n) is 6.09. The molecule has 5 aromatic carbocycles. The average Bonchev–Trinajstić information content (AvgIpc) is 2.92. The summed E-state index contributed by atoms with van der Waals surface area (Å²) < 4.78 is 0. The Hall–Kier alpha value is -4.35. The van der Waals surface area contributed by atoms with Crippen molar-refractivity contribution in [2.45, 2.75) is 17.1 Å². The molecule has 0 fully saturated rings. The Balaban J connectivity index is 1.37. The van der Waals surface area contributed by atoms with Crippen LogP contribution in [0, 0.1) is 6.92 Å². The summed E-state index contributed by atoms with van der Waals surface area (Å²) in [7, 11) is 0. The van der Waals surface area contributed by atoms with Crippen LogP contribution in [-0.4, -0.2) is 11.8 Å². The van der Waals surface area contributed by atoms with Crippen molar-refractivity contribution < 1.29 is 9.59 Å². The Labute approximate surface area is 220 Å². The summed E-state index contributed by atoms with van der Waals surface area (Å²) in [6.07, 6.45) is 0. The summed E-state index contributed by atoms with van der Waals surface area (Å²) in [6.45, 7) is 1.92. The van der Waals surface area contributed by atoms with E-state index in [-0.39, 0.29) is 11.8 Å². The first-order valence-electron chi connectivity index (χ1n) is 12.1. The Morgan fingerprint density at radius 3 is 2.16 bits per heavy atom. The highest BCUT2D eigenvalue weighted by atomic mass is 32.2. The van der Waals surface area contributed by atoms with Crippen LogP contribution in [0.2, 0.25) is 0 Å². The van der Waals surface area contributed by atoms with Crippen molar-refractivity contribution in [3.63, 3.8) is 0 Å². The molecular formula is C32H26N2O2S. The fourth-order valence-electron chi connectivity index (χ4n) is 4.18. The van der Waals surface area contributed by atoms with Gasteiger partial charge in [0.25, 0.3) is 5.91 Å². The van der Waals surface area contributed by atoms with Gasteiger partial charge < -0.3 is 10.6 Å². The fourth-order valence-corrected chi connectivity index (χ4v) is 5.27. The van der Waals surface area contributed by atoms with Crippen molar-refractivity contribution in [2.75, 3.05) is 10.6 Å². The average molecular weight is 503 g/mol. The fraction of sp³-hybridized carbons (Fsp3) is 0.0625. The second kappa shape index (κ2) is 11.1. The summed E-state index contributed by atoms with van der Waals surface area (Å²) in [6, 6.07) is 38.8. The van der Waals surface area contributed by atoms with Crippen molar-refractivity contribution in [3.8, 4) is 0 Å². The number of rotatable bonds is 7. The van der Waals surface area contributed by atoms with Gasteiger partial charge in [0, 0.05) is 21.8 Å². The van der Waals surface area contributed by atoms with E-state index in [9.17, 15) is 9.59 Å². The maximum Gasteiger partial charge on any atom is 0.255 e. The van der Waals surface area contributed by atoms with E-state index in [0.29, 0.717) is 11.3 Å². The molecule has 37 heavy (non-hydrogen) atoms. The van der Waals surface area contributed by atoms with Gasteiger partial charge in [0.1, 0.15) is 5.25 Å². The maximum atomic E-state index is 13.5. The lowest BCUT2D eigenvalue weighted by atomic mass is 10.1. The molecule has 0 aliphatic rings. The van der Waals surface area contributed by atoms with Gasteiger partial charge >= 0.3 is 0 Å². The van der Waals surface area contributed by atoms with Crippen LogP contribution in [0.5, 0.6) is 0 Å². The summed E-state index contributed by atoms with van der Waals surface area (Å²) >= 11 is 1.45. The first kappa shape index (κ1) is 24.3. The number of aryl methyl sites for hydroxylation is 1. The van der Waals surface area contributed by atoms with Crippen LogP contribution in [0.1, 0.15) is 26.7 Å². The minimum absolute atomic E-state index is 0.110. The number of anilines is 2. The van der Waals surface area contributed by atoms with Crippen LogP contribution in [0.4, 0.5) is 11.4 Å². The number of nitrogens with one attached hydrogen (secondary N) is 2. The van der Waals surface area contributed by atoms with E-state index in [4.69, 9.17) is 0 Å². The van der Waals surface area contributed by atoms with Crippen LogP contribution in [0.15, 0.2) is 126 Å². The van der Waals surface area contributed by atoms with Crippen LogP contribution in [0.25, 0.3) is 10.8 Å². The molecule has 0 saturated carbocycles. The van der Waals surface area contributed by atoms with Crippen LogP contribution in [-0.2, 0) is 4.79 Å². The van der Waals surface area contributed by atoms with Crippen LogP contribution in [0.3, 0.4) is 0 Å². The number of fused-ring (bicyclic) bond motifs is 1. The standard InChI is InChI=1S/C32H26N2O2S/c1-22-10-5-8-17-29(22)31(35)33-26-15-9-16-28(21-26)37-30(24-12-3-2-4-13-24)32(36)34-27-19-18-23-11-6-7-14-25(23)20-27/h2-21,30H,1H3,(H,33,35)(H,34,36). The summed E-state index contributed by atoms with van der Waals surface area (Å²) in [5.41, 5.74) is 3.89. The highest BCUT2D eigenvalue weighted by Crippen LogP contribution is 2.37. The van der Waals surface area contributed by atoms with Crippen molar-refractivity contribution in [1.82, 2.24) is 0 Å². The largest absolute Gasteiger partial charge is 0.325 e. The molecule has 0 heterocycles. The van der Waals surface area contributed by atoms with E-state index in [0.717, 1.165) is 32.5 Å². The van der Waals surface area contributed by atoms with Gasteiger partial charge in [-0.05, 0) is 65.2 Å². The van der Waals surface area contributed by atoms with Crippen LogP contribution < -0.4 is 10.6 Å². The van der Waals surface area contributed by atoms with Gasteiger partial charge in [-0.15, -0.1) is 11.8 Å². The lowest BCUT2D eigenvalue weighted by Crippen LogP contribution is -2.19. The molecule has 0 spiro atoms. The molecule has 5 aromatic rings. The molecule has 0 aliphatic heterocycles. The number of hydrogen-bond acceptors (Lipinski definition) is 3. The lowest BCUT2D eigenvalue weighted by molar-refractivity contribution is -0.115. The minimum atomic E-state index is -0.477. The zero-order chi connectivity index (χ0) is 25.6. The lowest BCUT2D eigenvalue weighted by Gasteiger charge is -2.18. The third kappa shape index (κ3) is 5.90. The monoisotopic (exact) mass is 502 g/mol. The SMILES string of the molecule is Cc1ccccc1C(=O)Nc1cccc(SC(C(=O)Nc2ccc3ccccc3c2)c2ccccc2)c1. The summed E-state index contributed by atoms with van der Waals surface area (Å²) in [5, 5.41) is 7.80. The minimum Gasteiger partial charge on any atom is -0.325 e. The highest BCUT2D eigenvalue weighted by molar-refractivity contribution is 8.00. The van der Waals surface area contributed by atoms with Gasteiger partial charge in [0.2, 0.25) is 5.91 Å². The Morgan fingerprint density at radius 2 is 1.35 bits per heavy atom. The molecule has 0 radical (unpaired) electrons. The van der Waals surface area contributed by atoms with Crippen molar-refractivity contribution in [3.05, 3.63) is 138 Å². The molecule has 0 bridgehead atoms. The van der Waals surface area contributed by atoms with Gasteiger partial charge in [-0.1, -0.05) is 84.9 Å². The van der Waals surface area contributed by atoms with E-state index in [1.165, 1.54) is 11.8 Å². The second-order valence-electron chi connectivity index (χ2n) is 8.76. The van der Waals surface area contributed by atoms with E-state index in [1.807, 2.05) is 122 Å². The number of thioether (sulfide) groups is 1. The Bertz CT molecular complexity index is 1570. The van der Waals surface area contributed by atoms with Crippen molar-refractivity contribution in [1.29, 1.82) is 0 Å². The van der Waals surface area contributed by atoms with E-state index < -0.39 is 5.25 Å². The van der Waals surface area contributed by atoms with Crippen molar-refractivity contribution >= 4 is 45.7 Å². The van der Waals surface area contributed by atoms with Gasteiger partial charge in [0.15, 0.2) is 0 Å². The molecule has 182 valence electrons. The van der Waals surface area contributed by atoms with Gasteiger partial charge in [-0.2, -0.15) is 0 Å². The number of amides is 2. The molecule has 4 nitrogen and oxygen atoms in total. The quantitative estimate of drug-likeness (QED) is 0.223. The summed E-state index contributed by atoms with van der Waals surface area (Å²) in [4.78, 5) is 27.2. The molecule has 5 rings (SSSR count). The molecule has 0 saturated heterocycles. The van der Waals surface area contributed by atoms with E-state index in [1.54, 1.807) is 0 Å². The first-order chi connectivity index (χ1) is 18.1. The number of benzene rings is 5. The molecule has 1 atom stereocenters. The third-order valence-corrected chi connectivity index (χ3v) is 7.34. The normalized spacial score (nSPS) is 11.6. The predicted molar refractivity (Wildman–Crippen MR) is 153 cm³/mol. The zero-order valence-electron chi connectivity index (χ0n) is 20.3. The molecule has 2 amide bonds.